The zero-order valence-corrected chi connectivity index (χ0v) is 10.9. The standard InChI is InChI=1S/C10H18BBrO2/c1-6-7-8(12)11-13-9(2,3)10(4,5)14-11/h6,8H,1,7H2,2-5H3. The SMILES string of the molecule is C=CCC(Br)B1OC(C)(C)C(C)(C)O1. The van der Waals surface area contributed by atoms with Gasteiger partial charge in [-0.1, -0.05) is 22.0 Å². The Balaban J connectivity index is 2.67. The van der Waals surface area contributed by atoms with Crippen molar-refractivity contribution in [1.29, 1.82) is 0 Å². The third-order valence-electron chi connectivity index (χ3n) is 2.96. The first-order chi connectivity index (χ1) is 6.30. The van der Waals surface area contributed by atoms with E-state index in [2.05, 4.69) is 50.2 Å². The fourth-order valence-corrected chi connectivity index (χ4v) is 1.79. The maximum atomic E-state index is 5.86. The Kier molecular flexibility index (Phi) is 3.50. The zero-order chi connectivity index (χ0) is 11.0. The number of rotatable bonds is 3. The number of hydrogen-bond donors (Lipinski definition) is 0. The molecule has 0 spiro atoms. The third kappa shape index (κ3) is 2.23. The summed E-state index contributed by atoms with van der Waals surface area (Å²) in [7, 11) is -0.182. The van der Waals surface area contributed by atoms with Crippen LogP contribution in [0.2, 0.25) is 0 Å². The molecule has 0 bridgehead atoms. The van der Waals surface area contributed by atoms with Crippen molar-refractivity contribution in [3.8, 4) is 0 Å². The van der Waals surface area contributed by atoms with Gasteiger partial charge < -0.3 is 9.31 Å². The van der Waals surface area contributed by atoms with E-state index in [1.54, 1.807) is 0 Å². The summed E-state index contributed by atoms with van der Waals surface area (Å²) in [4.78, 5) is 0. The normalized spacial score (nSPS) is 26.2. The molecular weight excluding hydrogens is 243 g/mol. The van der Waals surface area contributed by atoms with Gasteiger partial charge in [0.2, 0.25) is 0 Å². The van der Waals surface area contributed by atoms with Crippen LogP contribution in [0.4, 0.5) is 0 Å². The molecule has 0 N–H and O–H groups in total. The lowest BCUT2D eigenvalue weighted by Gasteiger charge is -2.32. The largest absolute Gasteiger partial charge is 0.472 e. The molecule has 1 saturated heterocycles. The van der Waals surface area contributed by atoms with Crippen molar-refractivity contribution in [2.75, 3.05) is 0 Å². The molecule has 0 aromatic carbocycles. The summed E-state index contributed by atoms with van der Waals surface area (Å²) in [6.45, 7) is 11.9. The monoisotopic (exact) mass is 260 g/mol. The summed E-state index contributed by atoms with van der Waals surface area (Å²) in [5, 5.41) is 0. The molecule has 0 radical (unpaired) electrons. The Labute approximate surface area is 95.3 Å². The molecule has 1 aliphatic rings. The van der Waals surface area contributed by atoms with Crippen LogP contribution in [0.5, 0.6) is 0 Å². The third-order valence-corrected chi connectivity index (χ3v) is 3.76. The molecule has 80 valence electrons. The second-order valence-corrected chi connectivity index (χ2v) is 5.84. The van der Waals surface area contributed by atoms with Gasteiger partial charge in [-0.2, -0.15) is 0 Å². The molecule has 1 aliphatic heterocycles. The molecule has 1 atom stereocenters. The maximum Gasteiger partial charge on any atom is 0.472 e. The predicted octanol–water partition coefficient (Wildman–Crippen LogP) is 2.96. The highest BCUT2D eigenvalue weighted by atomic mass is 79.9. The van der Waals surface area contributed by atoms with Gasteiger partial charge in [0.15, 0.2) is 0 Å². The molecule has 0 amide bonds. The molecule has 1 unspecified atom stereocenters. The quantitative estimate of drug-likeness (QED) is 0.441. The Bertz CT molecular complexity index is 212. The van der Waals surface area contributed by atoms with Crippen LogP contribution in [-0.4, -0.2) is 23.0 Å². The minimum absolute atomic E-state index is 0.182. The smallest absolute Gasteiger partial charge is 0.402 e. The first kappa shape index (κ1) is 12.3. The lowest BCUT2D eigenvalue weighted by Crippen LogP contribution is -2.41. The molecule has 0 saturated carbocycles. The molecule has 0 aliphatic carbocycles. The lowest BCUT2D eigenvalue weighted by atomic mass is 9.83. The van der Waals surface area contributed by atoms with E-state index in [1.165, 1.54) is 0 Å². The molecule has 1 fully saturated rings. The molecule has 14 heavy (non-hydrogen) atoms. The van der Waals surface area contributed by atoms with Gasteiger partial charge in [0.25, 0.3) is 0 Å². The first-order valence-corrected chi connectivity index (χ1v) is 5.82. The summed E-state index contributed by atoms with van der Waals surface area (Å²) < 4.78 is 11.9. The van der Waals surface area contributed by atoms with Gasteiger partial charge in [-0.15, -0.1) is 6.58 Å². The summed E-state index contributed by atoms with van der Waals surface area (Å²) >= 11 is 3.55. The van der Waals surface area contributed by atoms with Crippen LogP contribution in [0.1, 0.15) is 34.1 Å². The van der Waals surface area contributed by atoms with Crippen molar-refractivity contribution in [2.45, 2.75) is 50.0 Å². The Morgan fingerprint density at radius 3 is 2.07 bits per heavy atom. The molecular formula is C10H18BBrO2. The van der Waals surface area contributed by atoms with Crippen molar-refractivity contribution in [3.63, 3.8) is 0 Å². The summed E-state index contributed by atoms with van der Waals surface area (Å²) in [5.41, 5.74) is -0.490. The molecule has 2 nitrogen and oxygen atoms in total. The van der Waals surface area contributed by atoms with Gasteiger partial charge in [-0.25, -0.2) is 0 Å². The van der Waals surface area contributed by atoms with Gasteiger partial charge in [0.1, 0.15) is 0 Å². The lowest BCUT2D eigenvalue weighted by molar-refractivity contribution is 0.00578. The Morgan fingerprint density at radius 2 is 1.71 bits per heavy atom. The first-order valence-electron chi connectivity index (χ1n) is 4.91. The van der Waals surface area contributed by atoms with Crippen molar-refractivity contribution in [1.82, 2.24) is 0 Å². The molecule has 0 aromatic heterocycles. The second-order valence-electron chi connectivity index (χ2n) is 4.67. The topological polar surface area (TPSA) is 18.5 Å². The van der Waals surface area contributed by atoms with E-state index in [1.807, 2.05) is 6.08 Å². The maximum absolute atomic E-state index is 5.86. The summed E-state index contributed by atoms with van der Waals surface area (Å²) in [6, 6.07) is 0. The highest BCUT2D eigenvalue weighted by Gasteiger charge is 2.52. The Hall–Kier alpha value is 0.205. The summed E-state index contributed by atoms with van der Waals surface area (Å²) in [6.07, 6.45) is 2.71. The van der Waals surface area contributed by atoms with Gasteiger partial charge >= 0.3 is 7.12 Å². The second kappa shape index (κ2) is 3.99. The fourth-order valence-electron chi connectivity index (χ4n) is 1.31. The number of halogens is 1. The highest BCUT2D eigenvalue weighted by Crippen LogP contribution is 2.39. The molecule has 1 heterocycles. The van der Waals surface area contributed by atoms with Crippen LogP contribution >= 0.6 is 15.9 Å². The number of hydrogen-bond acceptors (Lipinski definition) is 2. The predicted molar refractivity (Wildman–Crippen MR) is 63.6 cm³/mol. The number of allylic oxidation sites excluding steroid dienone is 1. The molecule has 0 aromatic rings. The van der Waals surface area contributed by atoms with Crippen LogP contribution in [0, 0.1) is 0 Å². The van der Waals surface area contributed by atoms with Crippen LogP contribution < -0.4 is 0 Å². The summed E-state index contributed by atoms with van der Waals surface area (Å²) in [5.74, 6) is 0. The van der Waals surface area contributed by atoms with Crippen molar-refractivity contribution in [3.05, 3.63) is 12.7 Å². The zero-order valence-electron chi connectivity index (χ0n) is 9.34. The average molecular weight is 261 g/mol. The van der Waals surface area contributed by atoms with E-state index < -0.39 is 0 Å². The number of alkyl halides is 1. The van der Waals surface area contributed by atoms with E-state index in [4.69, 9.17) is 9.31 Å². The van der Waals surface area contributed by atoms with Gasteiger partial charge in [0, 0.05) is 0 Å². The van der Waals surface area contributed by atoms with E-state index in [-0.39, 0.29) is 23.0 Å². The Morgan fingerprint density at radius 1 is 1.29 bits per heavy atom. The van der Waals surface area contributed by atoms with Crippen LogP contribution in [0.25, 0.3) is 0 Å². The van der Waals surface area contributed by atoms with Crippen molar-refractivity contribution >= 4 is 23.0 Å². The van der Waals surface area contributed by atoms with Crippen molar-refractivity contribution in [2.24, 2.45) is 0 Å². The van der Waals surface area contributed by atoms with E-state index in [0.29, 0.717) is 0 Å². The average Bonchev–Trinajstić information content (AvgIpc) is 2.22. The van der Waals surface area contributed by atoms with Gasteiger partial charge in [-0.05, 0) is 34.1 Å². The fraction of sp³-hybridized carbons (Fsp3) is 0.800. The minimum atomic E-state index is -0.245. The highest BCUT2D eigenvalue weighted by molar-refractivity contribution is 9.10. The van der Waals surface area contributed by atoms with E-state index in [0.717, 1.165) is 6.42 Å². The van der Waals surface area contributed by atoms with Crippen LogP contribution in [0.15, 0.2) is 12.7 Å². The van der Waals surface area contributed by atoms with Crippen LogP contribution in [0.3, 0.4) is 0 Å². The van der Waals surface area contributed by atoms with E-state index >= 15 is 0 Å². The minimum Gasteiger partial charge on any atom is -0.402 e. The van der Waals surface area contributed by atoms with Gasteiger partial charge in [-0.3, -0.25) is 0 Å². The molecule has 1 rings (SSSR count). The van der Waals surface area contributed by atoms with Crippen LogP contribution in [-0.2, 0) is 9.31 Å². The van der Waals surface area contributed by atoms with Crippen molar-refractivity contribution < 1.29 is 9.31 Å². The molecule has 4 heteroatoms. The van der Waals surface area contributed by atoms with Gasteiger partial charge in [0.05, 0.1) is 15.9 Å². The van der Waals surface area contributed by atoms with E-state index in [9.17, 15) is 0 Å².